The van der Waals surface area contributed by atoms with Gasteiger partial charge in [-0.3, -0.25) is 4.79 Å². The van der Waals surface area contributed by atoms with Gasteiger partial charge in [-0.1, -0.05) is 45.0 Å². The molecule has 1 aromatic carbocycles. The minimum atomic E-state index is 0.228. The highest BCUT2D eigenvalue weighted by molar-refractivity contribution is 5.80. The van der Waals surface area contributed by atoms with E-state index in [0.717, 1.165) is 38.6 Å². The number of rotatable bonds is 6. The van der Waals surface area contributed by atoms with Crippen molar-refractivity contribution in [2.75, 3.05) is 6.54 Å². The van der Waals surface area contributed by atoms with Crippen LogP contribution in [0.2, 0.25) is 0 Å². The second-order valence-corrected chi connectivity index (χ2v) is 6.97. The number of hydrogen-bond acceptors (Lipinski definition) is 1. The monoisotopic (exact) mass is 273 g/mol. The Hall–Kier alpha value is -1.31. The SMILES string of the molecule is CC(C)(C)c1ccc(CCCCNC(=O)C2CC2)cc1. The number of carbonyl (C=O) groups excluding carboxylic acids is 1. The van der Waals surface area contributed by atoms with E-state index < -0.39 is 0 Å². The molecule has 0 aliphatic heterocycles. The van der Waals surface area contributed by atoms with E-state index in [1.165, 1.54) is 11.1 Å². The fraction of sp³-hybridized carbons (Fsp3) is 0.611. The molecule has 1 aliphatic rings. The van der Waals surface area contributed by atoms with Crippen molar-refractivity contribution in [1.82, 2.24) is 5.32 Å². The first-order valence-corrected chi connectivity index (χ1v) is 7.84. The van der Waals surface area contributed by atoms with Crippen molar-refractivity contribution in [3.63, 3.8) is 0 Å². The third-order valence-corrected chi connectivity index (χ3v) is 3.96. The fourth-order valence-electron chi connectivity index (χ4n) is 2.33. The highest BCUT2D eigenvalue weighted by atomic mass is 16.2. The Morgan fingerprint density at radius 2 is 1.80 bits per heavy atom. The summed E-state index contributed by atoms with van der Waals surface area (Å²) >= 11 is 0. The fourth-order valence-corrected chi connectivity index (χ4v) is 2.33. The lowest BCUT2D eigenvalue weighted by Crippen LogP contribution is -2.25. The Morgan fingerprint density at radius 3 is 2.35 bits per heavy atom. The lowest BCUT2D eigenvalue weighted by molar-refractivity contribution is -0.122. The second-order valence-electron chi connectivity index (χ2n) is 6.97. The second kappa shape index (κ2) is 6.43. The maximum atomic E-state index is 11.5. The molecule has 0 radical (unpaired) electrons. The highest BCUT2D eigenvalue weighted by Crippen LogP contribution is 2.28. The number of amides is 1. The van der Waals surface area contributed by atoms with Crippen molar-refractivity contribution >= 4 is 5.91 Å². The van der Waals surface area contributed by atoms with Crippen LogP contribution >= 0.6 is 0 Å². The first kappa shape index (κ1) is 15.1. The molecule has 0 heterocycles. The van der Waals surface area contributed by atoms with Gasteiger partial charge in [-0.25, -0.2) is 0 Å². The van der Waals surface area contributed by atoms with E-state index in [0.29, 0.717) is 5.92 Å². The van der Waals surface area contributed by atoms with E-state index in [1.807, 2.05) is 0 Å². The Bertz CT molecular complexity index is 437. The smallest absolute Gasteiger partial charge is 0.223 e. The Labute approximate surface area is 123 Å². The number of carbonyl (C=O) groups is 1. The molecule has 110 valence electrons. The van der Waals surface area contributed by atoms with E-state index in [1.54, 1.807) is 0 Å². The summed E-state index contributed by atoms with van der Waals surface area (Å²) in [5.74, 6) is 0.597. The largest absolute Gasteiger partial charge is 0.356 e. The van der Waals surface area contributed by atoms with Crippen LogP contribution in [0.3, 0.4) is 0 Å². The van der Waals surface area contributed by atoms with Gasteiger partial charge in [-0.15, -0.1) is 0 Å². The van der Waals surface area contributed by atoms with Crippen LogP contribution in [-0.4, -0.2) is 12.5 Å². The summed E-state index contributed by atoms with van der Waals surface area (Å²) in [6.07, 6.45) is 5.49. The average Bonchev–Trinajstić information content (AvgIpc) is 3.22. The molecule has 1 N–H and O–H groups in total. The van der Waals surface area contributed by atoms with E-state index in [-0.39, 0.29) is 11.3 Å². The van der Waals surface area contributed by atoms with Crippen LogP contribution in [0.15, 0.2) is 24.3 Å². The Morgan fingerprint density at radius 1 is 1.15 bits per heavy atom. The molecular formula is C18H27NO. The molecule has 2 heteroatoms. The van der Waals surface area contributed by atoms with Crippen LogP contribution < -0.4 is 5.32 Å². The molecular weight excluding hydrogens is 246 g/mol. The van der Waals surface area contributed by atoms with E-state index in [2.05, 4.69) is 50.4 Å². The molecule has 1 aromatic rings. The van der Waals surface area contributed by atoms with Gasteiger partial charge in [-0.05, 0) is 48.6 Å². The van der Waals surface area contributed by atoms with Crippen LogP contribution in [-0.2, 0) is 16.6 Å². The first-order chi connectivity index (χ1) is 9.47. The summed E-state index contributed by atoms with van der Waals surface area (Å²) in [5.41, 5.74) is 3.01. The summed E-state index contributed by atoms with van der Waals surface area (Å²) in [4.78, 5) is 11.5. The van der Waals surface area contributed by atoms with Crippen molar-refractivity contribution in [3.8, 4) is 0 Å². The van der Waals surface area contributed by atoms with Gasteiger partial charge in [0.1, 0.15) is 0 Å². The van der Waals surface area contributed by atoms with Gasteiger partial charge in [0.05, 0.1) is 0 Å². The summed E-state index contributed by atoms with van der Waals surface area (Å²) in [6.45, 7) is 7.55. The van der Waals surface area contributed by atoms with Crippen molar-refractivity contribution < 1.29 is 4.79 Å². The molecule has 0 bridgehead atoms. The summed E-state index contributed by atoms with van der Waals surface area (Å²) in [7, 11) is 0. The lowest BCUT2D eigenvalue weighted by Gasteiger charge is -2.19. The normalized spacial score (nSPS) is 15.2. The maximum absolute atomic E-state index is 11.5. The molecule has 1 amide bonds. The van der Waals surface area contributed by atoms with Gasteiger partial charge in [-0.2, -0.15) is 0 Å². The van der Waals surface area contributed by atoms with Crippen molar-refractivity contribution in [2.45, 2.75) is 58.3 Å². The highest BCUT2D eigenvalue weighted by Gasteiger charge is 2.28. The zero-order valence-corrected chi connectivity index (χ0v) is 13.0. The Kier molecular flexibility index (Phi) is 4.85. The number of benzene rings is 1. The average molecular weight is 273 g/mol. The molecule has 20 heavy (non-hydrogen) atoms. The van der Waals surface area contributed by atoms with Gasteiger partial charge in [0.15, 0.2) is 0 Å². The lowest BCUT2D eigenvalue weighted by atomic mass is 9.86. The molecule has 1 saturated carbocycles. The zero-order valence-electron chi connectivity index (χ0n) is 13.0. The van der Waals surface area contributed by atoms with Gasteiger partial charge in [0, 0.05) is 12.5 Å². The molecule has 0 aromatic heterocycles. The van der Waals surface area contributed by atoms with Crippen molar-refractivity contribution in [3.05, 3.63) is 35.4 Å². The molecule has 2 rings (SSSR count). The summed E-state index contributed by atoms with van der Waals surface area (Å²) in [5, 5.41) is 3.02. The van der Waals surface area contributed by atoms with Crippen molar-refractivity contribution in [1.29, 1.82) is 0 Å². The first-order valence-electron chi connectivity index (χ1n) is 7.84. The van der Waals surface area contributed by atoms with E-state index in [4.69, 9.17) is 0 Å². The molecule has 1 fully saturated rings. The zero-order chi connectivity index (χ0) is 14.6. The topological polar surface area (TPSA) is 29.1 Å². The van der Waals surface area contributed by atoms with Crippen LogP contribution in [0.25, 0.3) is 0 Å². The predicted molar refractivity (Wildman–Crippen MR) is 83.8 cm³/mol. The van der Waals surface area contributed by atoms with E-state index >= 15 is 0 Å². The van der Waals surface area contributed by atoms with E-state index in [9.17, 15) is 4.79 Å². The van der Waals surface area contributed by atoms with Gasteiger partial charge < -0.3 is 5.32 Å². The molecule has 0 spiro atoms. The predicted octanol–water partition coefficient (Wildman–Crippen LogP) is 3.83. The standard InChI is InChI=1S/C18H27NO/c1-18(2,3)16-11-7-14(8-12-16)6-4-5-13-19-17(20)15-9-10-15/h7-8,11-12,15H,4-6,9-10,13H2,1-3H3,(H,19,20). The molecule has 0 saturated heterocycles. The number of nitrogens with one attached hydrogen (secondary N) is 1. The van der Waals surface area contributed by atoms with Crippen LogP contribution in [0, 0.1) is 5.92 Å². The number of hydrogen-bond donors (Lipinski definition) is 1. The summed E-state index contributed by atoms with van der Waals surface area (Å²) in [6, 6.07) is 8.96. The minimum absolute atomic E-state index is 0.228. The Balaban J connectivity index is 1.65. The molecule has 2 nitrogen and oxygen atoms in total. The number of unbranched alkanes of at least 4 members (excludes halogenated alkanes) is 1. The van der Waals surface area contributed by atoms with Crippen LogP contribution in [0.5, 0.6) is 0 Å². The third-order valence-electron chi connectivity index (χ3n) is 3.96. The van der Waals surface area contributed by atoms with Gasteiger partial charge in [0.25, 0.3) is 0 Å². The van der Waals surface area contributed by atoms with Crippen molar-refractivity contribution in [2.24, 2.45) is 5.92 Å². The molecule has 1 aliphatic carbocycles. The van der Waals surface area contributed by atoms with Crippen LogP contribution in [0.1, 0.15) is 57.6 Å². The van der Waals surface area contributed by atoms with Gasteiger partial charge in [0.2, 0.25) is 5.91 Å². The number of aryl methyl sites for hydroxylation is 1. The quantitative estimate of drug-likeness (QED) is 0.784. The molecule has 0 unspecified atom stereocenters. The third kappa shape index (κ3) is 4.66. The summed E-state index contributed by atoms with van der Waals surface area (Å²) < 4.78 is 0. The van der Waals surface area contributed by atoms with Crippen LogP contribution in [0.4, 0.5) is 0 Å². The van der Waals surface area contributed by atoms with Gasteiger partial charge >= 0.3 is 0 Å². The molecule has 0 atom stereocenters. The maximum Gasteiger partial charge on any atom is 0.223 e. The minimum Gasteiger partial charge on any atom is -0.356 e.